The Bertz CT molecular complexity index is 550. The van der Waals surface area contributed by atoms with Crippen LogP contribution in [0, 0.1) is 0 Å². The van der Waals surface area contributed by atoms with Crippen LogP contribution >= 0.6 is 34.0 Å². The van der Waals surface area contributed by atoms with E-state index in [-0.39, 0.29) is 45.0 Å². The molecule has 0 aliphatic heterocycles. The molecule has 4 N–H and O–H groups in total. The van der Waals surface area contributed by atoms with Crippen LogP contribution in [0.1, 0.15) is 36.8 Å². The van der Waals surface area contributed by atoms with Gasteiger partial charge < -0.3 is 11.5 Å². The molecule has 0 aromatic heterocycles. The SMILES string of the molecule is Br.Br.NC1(Cc2ccccc2)CCCCC1(N)Cc1ccccc1. The monoisotopic (exact) mass is 454 g/mol. The van der Waals surface area contributed by atoms with E-state index in [1.165, 1.54) is 24.0 Å². The van der Waals surface area contributed by atoms with Gasteiger partial charge in [-0.3, -0.25) is 0 Å². The van der Waals surface area contributed by atoms with Crippen LogP contribution in [0.15, 0.2) is 60.7 Å². The van der Waals surface area contributed by atoms with Crippen LogP contribution in [0.25, 0.3) is 0 Å². The molecule has 0 radical (unpaired) electrons. The number of hydrogen-bond acceptors (Lipinski definition) is 2. The van der Waals surface area contributed by atoms with E-state index in [9.17, 15) is 0 Å². The average Bonchev–Trinajstić information content (AvgIpc) is 2.53. The average molecular weight is 456 g/mol. The van der Waals surface area contributed by atoms with Crippen LogP contribution < -0.4 is 11.5 Å². The maximum Gasteiger partial charge on any atom is 0.0380 e. The van der Waals surface area contributed by atoms with Crippen molar-refractivity contribution in [2.24, 2.45) is 11.5 Å². The molecule has 1 aliphatic carbocycles. The molecule has 0 saturated heterocycles. The zero-order chi connectivity index (χ0) is 15.5. The first-order valence-electron chi connectivity index (χ1n) is 8.27. The predicted molar refractivity (Wildman–Crippen MR) is 113 cm³/mol. The molecule has 3 rings (SSSR count). The standard InChI is InChI=1S/C20H26N2.2BrH/c21-19(15-17-9-3-1-4-10-17)13-7-8-14-20(19,22)16-18-11-5-2-6-12-18;;/h1-6,9-12H,7-8,13-16,21-22H2;2*1H. The Kier molecular flexibility index (Phi) is 8.13. The van der Waals surface area contributed by atoms with Gasteiger partial charge in [0, 0.05) is 11.1 Å². The lowest BCUT2D eigenvalue weighted by atomic mass is 9.63. The molecule has 0 spiro atoms. The summed E-state index contributed by atoms with van der Waals surface area (Å²) in [4.78, 5) is 0. The Morgan fingerprint density at radius 1 is 0.625 bits per heavy atom. The highest BCUT2D eigenvalue weighted by atomic mass is 79.9. The summed E-state index contributed by atoms with van der Waals surface area (Å²) in [5.74, 6) is 0. The first kappa shape index (κ1) is 21.4. The predicted octanol–water partition coefficient (Wildman–Crippen LogP) is 4.60. The molecule has 4 heteroatoms. The molecule has 2 aromatic carbocycles. The Hall–Kier alpha value is -0.680. The van der Waals surface area contributed by atoms with Crippen LogP contribution in [0.2, 0.25) is 0 Å². The summed E-state index contributed by atoms with van der Waals surface area (Å²) in [7, 11) is 0. The number of nitrogens with two attached hydrogens (primary N) is 2. The summed E-state index contributed by atoms with van der Waals surface area (Å²) >= 11 is 0. The lowest BCUT2D eigenvalue weighted by Gasteiger charge is -2.50. The second-order valence-corrected chi connectivity index (χ2v) is 6.84. The third-order valence-electron chi connectivity index (χ3n) is 5.21. The van der Waals surface area contributed by atoms with Gasteiger partial charge in [-0.1, -0.05) is 73.5 Å². The molecule has 1 fully saturated rings. The number of benzene rings is 2. The molecule has 132 valence electrons. The molecule has 0 amide bonds. The largest absolute Gasteiger partial charge is 0.323 e. The fraction of sp³-hybridized carbons (Fsp3) is 0.400. The van der Waals surface area contributed by atoms with E-state index in [0.717, 1.165) is 25.7 Å². The Labute approximate surface area is 166 Å². The van der Waals surface area contributed by atoms with E-state index in [0.29, 0.717) is 0 Å². The highest BCUT2D eigenvalue weighted by Gasteiger charge is 2.47. The lowest BCUT2D eigenvalue weighted by Crippen LogP contribution is -2.69. The molecule has 2 atom stereocenters. The summed E-state index contributed by atoms with van der Waals surface area (Å²) in [6.07, 6.45) is 6.08. The third kappa shape index (κ3) is 4.69. The fourth-order valence-electron chi connectivity index (χ4n) is 3.83. The zero-order valence-electron chi connectivity index (χ0n) is 14.0. The van der Waals surface area contributed by atoms with E-state index < -0.39 is 0 Å². The van der Waals surface area contributed by atoms with E-state index in [4.69, 9.17) is 11.5 Å². The van der Waals surface area contributed by atoms with E-state index in [1.807, 2.05) is 12.1 Å². The van der Waals surface area contributed by atoms with Gasteiger partial charge in [-0.15, -0.1) is 34.0 Å². The van der Waals surface area contributed by atoms with Crippen molar-refractivity contribution in [1.29, 1.82) is 0 Å². The normalized spacial score (nSPS) is 26.1. The molecule has 0 bridgehead atoms. The number of rotatable bonds is 4. The minimum Gasteiger partial charge on any atom is -0.323 e. The molecule has 0 heterocycles. The van der Waals surface area contributed by atoms with Crippen molar-refractivity contribution in [3.05, 3.63) is 71.8 Å². The third-order valence-corrected chi connectivity index (χ3v) is 5.21. The van der Waals surface area contributed by atoms with E-state index in [1.54, 1.807) is 0 Å². The van der Waals surface area contributed by atoms with E-state index >= 15 is 0 Å². The maximum atomic E-state index is 6.89. The minimum absolute atomic E-state index is 0. The highest BCUT2D eigenvalue weighted by Crippen LogP contribution is 2.38. The smallest absolute Gasteiger partial charge is 0.0380 e. The van der Waals surface area contributed by atoms with Gasteiger partial charge in [0.1, 0.15) is 0 Å². The molecule has 1 aliphatic rings. The summed E-state index contributed by atoms with van der Waals surface area (Å²) in [6, 6.07) is 21.1. The highest BCUT2D eigenvalue weighted by molar-refractivity contribution is 8.93. The van der Waals surface area contributed by atoms with Crippen LogP contribution in [0.4, 0.5) is 0 Å². The Morgan fingerprint density at radius 3 is 1.29 bits per heavy atom. The summed E-state index contributed by atoms with van der Waals surface area (Å²) in [5, 5.41) is 0. The van der Waals surface area contributed by atoms with Crippen LogP contribution in [0.5, 0.6) is 0 Å². The van der Waals surface area contributed by atoms with Crippen LogP contribution in [0.3, 0.4) is 0 Å². The summed E-state index contributed by atoms with van der Waals surface area (Å²) in [5.41, 5.74) is 15.7. The molecule has 2 unspecified atom stereocenters. The molecule has 2 nitrogen and oxygen atoms in total. The van der Waals surface area contributed by atoms with Crippen LogP contribution in [-0.2, 0) is 12.8 Å². The topological polar surface area (TPSA) is 52.0 Å². The second kappa shape index (κ2) is 9.14. The van der Waals surface area contributed by atoms with Crippen molar-refractivity contribution in [2.45, 2.75) is 49.6 Å². The van der Waals surface area contributed by atoms with Crippen LogP contribution in [-0.4, -0.2) is 11.1 Å². The maximum absolute atomic E-state index is 6.89. The van der Waals surface area contributed by atoms with Gasteiger partial charge in [-0.05, 0) is 36.8 Å². The molecular formula is C20H28Br2N2. The van der Waals surface area contributed by atoms with Gasteiger partial charge in [0.25, 0.3) is 0 Å². The van der Waals surface area contributed by atoms with Gasteiger partial charge in [0.05, 0.1) is 0 Å². The summed E-state index contributed by atoms with van der Waals surface area (Å²) in [6.45, 7) is 0. The van der Waals surface area contributed by atoms with Gasteiger partial charge in [-0.2, -0.15) is 0 Å². The van der Waals surface area contributed by atoms with Crippen molar-refractivity contribution in [1.82, 2.24) is 0 Å². The van der Waals surface area contributed by atoms with Crippen molar-refractivity contribution in [3.63, 3.8) is 0 Å². The van der Waals surface area contributed by atoms with Crippen molar-refractivity contribution < 1.29 is 0 Å². The number of hydrogen-bond donors (Lipinski definition) is 2. The first-order valence-corrected chi connectivity index (χ1v) is 8.27. The fourth-order valence-corrected chi connectivity index (χ4v) is 3.83. The van der Waals surface area contributed by atoms with Crippen molar-refractivity contribution in [2.75, 3.05) is 0 Å². The molecular weight excluding hydrogens is 428 g/mol. The molecule has 2 aromatic rings. The van der Waals surface area contributed by atoms with E-state index in [2.05, 4.69) is 48.5 Å². The van der Waals surface area contributed by atoms with Gasteiger partial charge in [0.15, 0.2) is 0 Å². The Balaban J connectivity index is 0.00000144. The Morgan fingerprint density at radius 2 is 0.958 bits per heavy atom. The second-order valence-electron chi connectivity index (χ2n) is 6.84. The summed E-state index contributed by atoms with van der Waals surface area (Å²) < 4.78 is 0. The van der Waals surface area contributed by atoms with Gasteiger partial charge in [-0.25, -0.2) is 0 Å². The number of halogens is 2. The quantitative estimate of drug-likeness (QED) is 0.707. The zero-order valence-corrected chi connectivity index (χ0v) is 17.4. The molecule has 1 saturated carbocycles. The van der Waals surface area contributed by atoms with Crippen molar-refractivity contribution >= 4 is 34.0 Å². The van der Waals surface area contributed by atoms with Crippen molar-refractivity contribution in [3.8, 4) is 0 Å². The first-order chi connectivity index (χ1) is 10.6. The molecule has 24 heavy (non-hydrogen) atoms. The lowest BCUT2D eigenvalue weighted by molar-refractivity contribution is 0.145. The van der Waals surface area contributed by atoms with Gasteiger partial charge >= 0.3 is 0 Å². The van der Waals surface area contributed by atoms with Gasteiger partial charge in [0.2, 0.25) is 0 Å². The minimum atomic E-state index is -0.331.